The molecule has 2 N–H and O–H groups in total. The summed E-state index contributed by atoms with van der Waals surface area (Å²) in [6, 6.07) is 10.0. The van der Waals surface area contributed by atoms with Crippen molar-refractivity contribution in [2.45, 2.75) is 20.8 Å². The Kier molecular flexibility index (Phi) is 3.51. The van der Waals surface area contributed by atoms with E-state index in [1.54, 1.807) is 0 Å². The Labute approximate surface area is 133 Å². The molecule has 0 saturated heterocycles. The number of nitrogens with zero attached hydrogens (tertiary/aromatic N) is 2. The van der Waals surface area contributed by atoms with E-state index in [0.717, 1.165) is 38.2 Å². The Balaban J connectivity index is 2.17. The van der Waals surface area contributed by atoms with Gasteiger partial charge in [0.15, 0.2) is 5.13 Å². The summed E-state index contributed by atoms with van der Waals surface area (Å²) < 4.78 is 2.21. The standard InChI is InChI=1S/C16H16ClN3S/c1-9-8-14(15-11(3)21-16(18)19-15)10(2)20(9)13-6-4-12(17)5-7-13/h4-8H,1-3H3,(H2,18,19). The van der Waals surface area contributed by atoms with E-state index in [9.17, 15) is 0 Å². The molecule has 0 aliphatic heterocycles. The van der Waals surface area contributed by atoms with Crippen LogP contribution in [0, 0.1) is 20.8 Å². The molecule has 0 atom stereocenters. The summed E-state index contributed by atoms with van der Waals surface area (Å²) in [5, 5.41) is 1.35. The Morgan fingerprint density at radius 2 is 1.81 bits per heavy atom. The first-order valence-electron chi connectivity index (χ1n) is 6.65. The highest BCUT2D eigenvalue weighted by Gasteiger charge is 2.16. The maximum absolute atomic E-state index is 5.97. The number of nitrogen functional groups attached to an aromatic ring is 1. The fourth-order valence-electron chi connectivity index (χ4n) is 2.66. The molecule has 5 heteroatoms. The number of hydrogen-bond donors (Lipinski definition) is 1. The van der Waals surface area contributed by atoms with Crippen LogP contribution in [0.5, 0.6) is 0 Å². The van der Waals surface area contributed by atoms with E-state index in [1.165, 1.54) is 11.3 Å². The van der Waals surface area contributed by atoms with Gasteiger partial charge in [-0.25, -0.2) is 4.98 Å². The molecule has 0 bridgehead atoms. The number of nitrogens with two attached hydrogens (primary N) is 1. The van der Waals surface area contributed by atoms with Gasteiger partial charge in [0.25, 0.3) is 0 Å². The minimum absolute atomic E-state index is 0.610. The quantitative estimate of drug-likeness (QED) is 0.740. The molecule has 0 spiro atoms. The highest BCUT2D eigenvalue weighted by Crippen LogP contribution is 2.34. The van der Waals surface area contributed by atoms with Gasteiger partial charge in [0.1, 0.15) is 0 Å². The number of rotatable bonds is 2. The van der Waals surface area contributed by atoms with Gasteiger partial charge in [-0.2, -0.15) is 0 Å². The lowest BCUT2D eigenvalue weighted by molar-refractivity contribution is 0.966. The van der Waals surface area contributed by atoms with E-state index in [4.69, 9.17) is 17.3 Å². The highest BCUT2D eigenvalue weighted by molar-refractivity contribution is 7.15. The maximum atomic E-state index is 5.97. The van der Waals surface area contributed by atoms with Crippen LogP contribution < -0.4 is 5.73 Å². The van der Waals surface area contributed by atoms with Gasteiger partial charge >= 0.3 is 0 Å². The third-order valence-electron chi connectivity index (χ3n) is 3.58. The predicted molar refractivity (Wildman–Crippen MR) is 90.5 cm³/mol. The molecule has 0 fully saturated rings. The molecule has 1 aromatic carbocycles. The number of anilines is 1. The largest absolute Gasteiger partial charge is 0.375 e. The molecule has 0 aliphatic rings. The van der Waals surface area contributed by atoms with Gasteiger partial charge in [-0.05, 0) is 51.1 Å². The van der Waals surface area contributed by atoms with Crippen molar-refractivity contribution in [2.24, 2.45) is 0 Å². The molecule has 3 aromatic rings. The van der Waals surface area contributed by atoms with Gasteiger partial charge in [-0.1, -0.05) is 11.6 Å². The molecule has 0 aliphatic carbocycles. The van der Waals surface area contributed by atoms with Crippen LogP contribution in [0.3, 0.4) is 0 Å². The minimum atomic E-state index is 0.610. The van der Waals surface area contributed by atoms with Crippen LogP contribution in [0.15, 0.2) is 30.3 Å². The normalized spacial score (nSPS) is 11.0. The molecule has 2 heterocycles. The summed E-state index contributed by atoms with van der Waals surface area (Å²) >= 11 is 7.50. The fourth-order valence-corrected chi connectivity index (χ4v) is 3.49. The summed E-state index contributed by atoms with van der Waals surface area (Å²) in [6.07, 6.45) is 0. The Hall–Kier alpha value is -1.78. The van der Waals surface area contributed by atoms with Crippen molar-refractivity contribution in [2.75, 3.05) is 5.73 Å². The second-order valence-corrected chi connectivity index (χ2v) is 6.72. The van der Waals surface area contributed by atoms with Crippen LogP contribution in [0.25, 0.3) is 16.9 Å². The topological polar surface area (TPSA) is 43.8 Å². The Bertz CT molecular complexity index is 800. The van der Waals surface area contributed by atoms with Crippen molar-refractivity contribution in [3.05, 3.63) is 51.6 Å². The second-order valence-electron chi connectivity index (χ2n) is 5.05. The van der Waals surface area contributed by atoms with Gasteiger partial charge in [0.2, 0.25) is 0 Å². The van der Waals surface area contributed by atoms with Crippen LogP contribution in [0.1, 0.15) is 16.3 Å². The van der Waals surface area contributed by atoms with Crippen LogP contribution in [-0.2, 0) is 0 Å². The number of aromatic nitrogens is 2. The first-order valence-corrected chi connectivity index (χ1v) is 7.85. The fraction of sp³-hybridized carbons (Fsp3) is 0.188. The van der Waals surface area contributed by atoms with Crippen molar-refractivity contribution < 1.29 is 0 Å². The number of halogens is 1. The highest BCUT2D eigenvalue weighted by atomic mass is 35.5. The molecule has 108 valence electrons. The van der Waals surface area contributed by atoms with Crippen LogP contribution >= 0.6 is 22.9 Å². The summed E-state index contributed by atoms with van der Waals surface area (Å²) in [5.74, 6) is 0. The average molecular weight is 318 g/mol. The molecular weight excluding hydrogens is 302 g/mol. The molecular formula is C16H16ClN3S. The van der Waals surface area contributed by atoms with Crippen LogP contribution in [0.4, 0.5) is 5.13 Å². The van der Waals surface area contributed by atoms with E-state index in [2.05, 4.69) is 36.4 Å². The minimum Gasteiger partial charge on any atom is -0.375 e. The lowest BCUT2D eigenvalue weighted by Crippen LogP contribution is -1.98. The second kappa shape index (κ2) is 5.20. The smallest absolute Gasteiger partial charge is 0.180 e. The predicted octanol–water partition coefficient (Wildman–Crippen LogP) is 4.76. The van der Waals surface area contributed by atoms with Crippen LogP contribution in [-0.4, -0.2) is 9.55 Å². The Morgan fingerprint density at radius 3 is 2.38 bits per heavy atom. The van der Waals surface area contributed by atoms with Gasteiger partial charge in [0, 0.05) is 32.5 Å². The van der Waals surface area contributed by atoms with E-state index >= 15 is 0 Å². The van der Waals surface area contributed by atoms with Gasteiger partial charge in [0.05, 0.1) is 5.69 Å². The molecule has 0 unspecified atom stereocenters. The maximum Gasteiger partial charge on any atom is 0.180 e. The van der Waals surface area contributed by atoms with Crippen molar-refractivity contribution in [1.29, 1.82) is 0 Å². The molecule has 3 rings (SSSR count). The lowest BCUT2D eigenvalue weighted by atomic mass is 10.1. The van der Waals surface area contributed by atoms with Crippen molar-refractivity contribution >= 4 is 28.1 Å². The molecule has 0 radical (unpaired) electrons. The summed E-state index contributed by atoms with van der Waals surface area (Å²) in [5.41, 5.74) is 11.4. The van der Waals surface area contributed by atoms with E-state index in [-0.39, 0.29) is 0 Å². The summed E-state index contributed by atoms with van der Waals surface area (Å²) in [4.78, 5) is 5.61. The third-order valence-corrected chi connectivity index (χ3v) is 4.64. The number of hydrogen-bond acceptors (Lipinski definition) is 3. The van der Waals surface area contributed by atoms with Gasteiger partial charge < -0.3 is 10.3 Å². The molecule has 0 saturated carbocycles. The number of thiazole rings is 1. The van der Waals surface area contributed by atoms with E-state index in [1.807, 2.05) is 24.3 Å². The van der Waals surface area contributed by atoms with Crippen molar-refractivity contribution in [3.63, 3.8) is 0 Å². The zero-order valence-electron chi connectivity index (χ0n) is 12.1. The van der Waals surface area contributed by atoms with Gasteiger partial charge in [-0.3, -0.25) is 0 Å². The first-order chi connectivity index (χ1) is 9.97. The Morgan fingerprint density at radius 1 is 1.14 bits per heavy atom. The third kappa shape index (κ3) is 2.45. The van der Waals surface area contributed by atoms with E-state index < -0.39 is 0 Å². The SMILES string of the molecule is Cc1sc(N)nc1-c1cc(C)n(-c2ccc(Cl)cc2)c1C. The summed E-state index contributed by atoms with van der Waals surface area (Å²) in [7, 11) is 0. The van der Waals surface area contributed by atoms with E-state index in [0.29, 0.717) is 5.13 Å². The molecule has 2 aromatic heterocycles. The number of benzene rings is 1. The lowest BCUT2D eigenvalue weighted by Gasteiger charge is -2.10. The zero-order chi connectivity index (χ0) is 15.1. The van der Waals surface area contributed by atoms with Crippen molar-refractivity contribution in [3.8, 4) is 16.9 Å². The summed E-state index contributed by atoms with van der Waals surface area (Å²) in [6.45, 7) is 6.25. The molecule has 0 amide bonds. The van der Waals surface area contributed by atoms with Crippen LogP contribution in [0.2, 0.25) is 5.02 Å². The van der Waals surface area contributed by atoms with Gasteiger partial charge in [-0.15, -0.1) is 11.3 Å². The average Bonchev–Trinajstić information content (AvgIpc) is 2.91. The monoisotopic (exact) mass is 317 g/mol. The number of aryl methyl sites for hydroxylation is 2. The van der Waals surface area contributed by atoms with Crippen molar-refractivity contribution in [1.82, 2.24) is 9.55 Å². The zero-order valence-corrected chi connectivity index (χ0v) is 13.7. The first kappa shape index (κ1) is 14.2. The molecule has 3 nitrogen and oxygen atoms in total. The molecule has 21 heavy (non-hydrogen) atoms.